The van der Waals surface area contributed by atoms with Crippen LogP contribution in [0.2, 0.25) is 0 Å². The highest BCUT2D eigenvalue weighted by Gasteiger charge is 2.20. The lowest BCUT2D eigenvalue weighted by molar-refractivity contribution is -0.146. The predicted octanol–water partition coefficient (Wildman–Crippen LogP) is 1.81. The smallest absolute Gasteiger partial charge is 0.337 e. The molecule has 0 radical (unpaired) electrons. The van der Waals surface area contributed by atoms with Crippen molar-refractivity contribution < 1.29 is 24.2 Å². The second-order valence-electron chi connectivity index (χ2n) is 3.53. The van der Waals surface area contributed by atoms with Crippen molar-refractivity contribution in [2.75, 3.05) is 0 Å². The predicted molar refractivity (Wildman–Crippen MR) is 58.3 cm³/mol. The van der Waals surface area contributed by atoms with E-state index in [9.17, 15) is 19.1 Å². The van der Waals surface area contributed by atoms with Gasteiger partial charge in [0.05, 0.1) is 0 Å². The first-order chi connectivity index (χ1) is 7.82. The fourth-order valence-corrected chi connectivity index (χ4v) is 1.44. The van der Waals surface area contributed by atoms with Crippen LogP contribution in [0.25, 0.3) is 0 Å². The van der Waals surface area contributed by atoms with Gasteiger partial charge in [-0.15, -0.1) is 11.6 Å². The summed E-state index contributed by atoms with van der Waals surface area (Å²) < 4.78 is 13.2. The molecule has 2 N–H and O–H groups in total. The van der Waals surface area contributed by atoms with Crippen molar-refractivity contribution >= 4 is 23.4 Å². The monoisotopic (exact) mass is 260 g/mol. The van der Waals surface area contributed by atoms with Gasteiger partial charge >= 0.3 is 5.97 Å². The third-order valence-corrected chi connectivity index (χ3v) is 2.70. The molecule has 0 aromatic heterocycles. The van der Waals surface area contributed by atoms with Crippen LogP contribution in [-0.2, 0) is 9.59 Å². The number of carboxylic acids is 1. The Bertz CT molecular complexity index is 423. The highest BCUT2D eigenvalue weighted by Crippen LogP contribution is 2.26. The molecule has 1 aromatic rings. The molecule has 2 unspecified atom stereocenters. The van der Waals surface area contributed by atoms with Gasteiger partial charge in [-0.05, 0) is 30.2 Å². The fraction of sp³-hybridized carbons (Fsp3) is 0.273. The molecular formula is C11H10ClFO4. The summed E-state index contributed by atoms with van der Waals surface area (Å²) in [7, 11) is 0. The van der Waals surface area contributed by atoms with Crippen molar-refractivity contribution in [2.24, 2.45) is 0 Å². The molecule has 2 atom stereocenters. The van der Waals surface area contributed by atoms with Crippen molar-refractivity contribution in [3.8, 4) is 0 Å². The zero-order chi connectivity index (χ0) is 13.2. The van der Waals surface area contributed by atoms with E-state index in [1.54, 1.807) is 0 Å². The summed E-state index contributed by atoms with van der Waals surface area (Å²) in [5, 5.41) is 16.8. The number of rotatable bonds is 4. The van der Waals surface area contributed by atoms with E-state index in [2.05, 4.69) is 0 Å². The van der Waals surface area contributed by atoms with Crippen LogP contribution in [0.1, 0.15) is 29.5 Å². The molecule has 0 fully saturated rings. The number of benzene rings is 1. The standard InChI is InChI=1S/C11H10ClFO4/c1-5(14)9(12)6-2-7(4-8(13)3-6)10(15)11(16)17/h2-4,9-10,15H,1H3,(H,16,17). The van der Waals surface area contributed by atoms with Gasteiger partial charge in [-0.2, -0.15) is 0 Å². The number of aliphatic hydroxyl groups excluding tert-OH is 1. The van der Waals surface area contributed by atoms with E-state index in [1.165, 1.54) is 13.0 Å². The zero-order valence-corrected chi connectivity index (χ0v) is 9.61. The van der Waals surface area contributed by atoms with Gasteiger partial charge in [-0.1, -0.05) is 6.07 Å². The second-order valence-corrected chi connectivity index (χ2v) is 3.97. The molecule has 17 heavy (non-hydrogen) atoms. The minimum atomic E-state index is -1.85. The summed E-state index contributed by atoms with van der Waals surface area (Å²) in [4.78, 5) is 21.6. The lowest BCUT2D eigenvalue weighted by Crippen LogP contribution is -2.12. The summed E-state index contributed by atoms with van der Waals surface area (Å²) in [6, 6.07) is 3.10. The number of Topliss-reactive ketones (excluding diaryl/α,β-unsaturated/α-hetero) is 1. The highest BCUT2D eigenvalue weighted by molar-refractivity contribution is 6.30. The molecule has 0 bridgehead atoms. The fourth-order valence-electron chi connectivity index (χ4n) is 1.32. The van der Waals surface area contributed by atoms with E-state index in [0.29, 0.717) is 0 Å². The quantitative estimate of drug-likeness (QED) is 0.810. The molecule has 0 aliphatic carbocycles. The third-order valence-electron chi connectivity index (χ3n) is 2.14. The Hall–Kier alpha value is -1.46. The van der Waals surface area contributed by atoms with Crippen LogP contribution in [-0.4, -0.2) is 22.0 Å². The number of hydrogen-bond donors (Lipinski definition) is 2. The van der Waals surface area contributed by atoms with Gasteiger partial charge in [0, 0.05) is 0 Å². The number of aliphatic hydroxyl groups is 1. The number of carbonyl (C=O) groups is 2. The Labute approximate surface area is 102 Å². The van der Waals surface area contributed by atoms with Gasteiger partial charge in [0.1, 0.15) is 11.2 Å². The maximum atomic E-state index is 13.2. The van der Waals surface area contributed by atoms with E-state index in [1.807, 2.05) is 0 Å². The van der Waals surface area contributed by atoms with Crippen LogP contribution in [0.15, 0.2) is 18.2 Å². The largest absolute Gasteiger partial charge is 0.479 e. The number of ketones is 1. The van der Waals surface area contributed by atoms with Crippen molar-refractivity contribution in [1.29, 1.82) is 0 Å². The molecule has 0 saturated heterocycles. The molecule has 6 heteroatoms. The molecular weight excluding hydrogens is 251 g/mol. The summed E-state index contributed by atoms with van der Waals surface area (Å²) in [5.74, 6) is -2.66. The number of alkyl halides is 1. The lowest BCUT2D eigenvalue weighted by Gasteiger charge is -2.11. The van der Waals surface area contributed by atoms with Crippen LogP contribution >= 0.6 is 11.6 Å². The molecule has 0 aliphatic heterocycles. The summed E-state index contributed by atoms with van der Waals surface area (Å²) in [6.07, 6.45) is -1.85. The molecule has 0 aliphatic rings. The first-order valence-electron chi connectivity index (χ1n) is 4.68. The van der Waals surface area contributed by atoms with Gasteiger partial charge in [-0.3, -0.25) is 4.79 Å². The summed E-state index contributed by atoms with van der Waals surface area (Å²) >= 11 is 5.72. The van der Waals surface area contributed by atoms with Crippen molar-refractivity contribution in [1.82, 2.24) is 0 Å². The average Bonchev–Trinajstić information content (AvgIpc) is 2.25. The maximum absolute atomic E-state index is 13.2. The van der Waals surface area contributed by atoms with E-state index in [-0.39, 0.29) is 11.1 Å². The molecule has 4 nitrogen and oxygen atoms in total. The van der Waals surface area contributed by atoms with E-state index in [4.69, 9.17) is 16.7 Å². The van der Waals surface area contributed by atoms with Crippen LogP contribution in [0.5, 0.6) is 0 Å². The lowest BCUT2D eigenvalue weighted by atomic mass is 10.0. The van der Waals surface area contributed by atoms with Gasteiger partial charge in [-0.25, -0.2) is 9.18 Å². The normalized spacial score (nSPS) is 14.1. The number of hydrogen-bond acceptors (Lipinski definition) is 3. The van der Waals surface area contributed by atoms with Gasteiger partial charge < -0.3 is 10.2 Å². The van der Waals surface area contributed by atoms with Crippen LogP contribution in [0.3, 0.4) is 0 Å². The Morgan fingerprint density at radius 2 is 1.82 bits per heavy atom. The SMILES string of the molecule is CC(=O)C(Cl)c1cc(F)cc(C(O)C(=O)O)c1. The Morgan fingerprint density at radius 1 is 1.29 bits per heavy atom. The molecule has 1 aromatic carbocycles. The van der Waals surface area contributed by atoms with Crippen LogP contribution in [0.4, 0.5) is 4.39 Å². The van der Waals surface area contributed by atoms with Crippen molar-refractivity contribution in [3.05, 3.63) is 35.1 Å². The average molecular weight is 261 g/mol. The molecule has 0 spiro atoms. The zero-order valence-electron chi connectivity index (χ0n) is 8.85. The molecule has 0 heterocycles. The van der Waals surface area contributed by atoms with Gasteiger partial charge in [0.25, 0.3) is 0 Å². The highest BCUT2D eigenvalue weighted by atomic mass is 35.5. The maximum Gasteiger partial charge on any atom is 0.337 e. The Kier molecular flexibility index (Phi) is 4.20. The molecule has 1 rings (SSSR count). The first-order valence-corrected chi connectivity index (χ1v) is 5.12. The minimum absolute atomic E-state index is 0.120. The molecule has 92 valence electrons. The van der Waals surface area contributed by atoms with Crippen molar-refractivity contribution in [3.63, 3.8) is 0 Å². The Morgan fingerprint density at radius 3 is 2.29 bits per heavy atom. The van der Waals surface area contributed by atoms with E-state index < -0.39 is 29.1 Å². The summed E-state index contributed by atoms with van der Waals surface area (Å²) in [6.45, 7) is 1.23. The summed E-state index contributed by atoms with van der Waals surface area (Å²) in [5.41, 5.74) is -0.0335. The number of halogens is 2. The van der Waals surface area contributed by atoms with Crippen molar-refractivity contribution in [2.45, 2.75) is 18.4 Å². The van der Waals surface area contributed by atoms with Crippen LogP contribution in [0, 0.1) is 5.82 Å². The topological polar surface area (TPSA) is 74.6 Å². The Balaban J connectivity index is 3.19. The number of aliphatic carboxylic acids is 1. The van der Waals surface area contributed by atoms with Crippen LogP contribution < -0.4 is 0 Å². The number of carbonyl (C=O) groups excluding carboxylic acids is 1. The van der Waals surface area contributed by atoms with Gasteiger partial charge in [0.15, 0.2) is 11.9 Å². The molecule has 0 amide bonds. The van der Waals surface area contributed by atoms with Gasteiger partial charge in [0.2, 0.25) is 0 Å². The van der Waals surface area contributed by atoms with E-state index in [0.717, 1.165) is 12.1 Å². The third kappa shape index (κ3) is 3.25. The first kappa shape index (κ1) is 13.6. The minimum Gasteiger partial charge on any atom is -0.479 e. The second kappa shape index (κ2) is 5.25. The number of carboxylic acid groups (broad SMARTS) is 1. The van der Waals surface area contributed by atoms with E-state index >= 15 is 0 Å². The molecule has 0 saturated carbocycles.